The van der Waals surface area contributed by atoms with Crippen LogP contribution in [0.15, 0.2) is 24.3 Å². The number of carbonyl (C=O) groups is 2. The van der Waals surface area contributed by atoms with Crippen molar-refractivity contribution in [3.63, 3.8) is 0 Å². The predicted molar refractivity (Wildman–Crippen MR) is 85.0 cm³/mol. The van der Waals surface area contributed by atoms with Crippen LogP contribution in [0.5, 0.6) is 0 Å². The summed E-state index contributed by atoms with van der Waals surface area (Å²) >= 11 is 2.87. The average Bonchev–Trinajstić information content (AvgIpc) is 2.82. The number of benzene rings is 1. The fourth-order valence-electron chi connectivity index (χ4n) is 1.82. The third-order valence-corrected chi connectivity index (χ3v) is 4.80. The van der Waals surface area contributed by atoms with Crippen LogP contribution in [-0.2, 0) is 4.79 Å². The Morgan fingerprint density at radius 1 is 1.40 bits per heavy atom. The molecular formula is C14H15NO3S2. The average molecular weight is 309 g/mol. The Kier molecular flexibility index (Phi) is 4.67. The first-order valence-corrected chi connectivity index (χ1v) is 8.29. The topological polar surface area (TPSA) is 66.4 Å². The first-order chi connectivity index (χ1) is 9.51. The van der Waals surface area contributed by atoms with Gasteiger partial charge in [-0.2, -0.15) is 11.8 Å². The van der Waals surface area contributed by atoms with Gasteiger partial charge in [0, 0.05) is 22.1 Å². The second kappa shape index (κ2) is 6.28. The normalized spacial score (nSPS) is 12.3. The molecule has 1 aromatic carbocycles. The van der Waals surface area contributed by atoms with E-state index in [0.29, 0.717) is 10.6 Å². The van der Waals surface area contributed by atoms with E-state index in [1.54, 1.807) is 23.9 Å². The number of anilines is 1. The lowest BCUT2D eigenvalue weighted by molar-refractivity contribution is -0.118. The molecule has 106 valence electrons. The summed E-state index contributed by atoms with van der Waals surface area (Å²) in [6.07, 6.45) is 1.97. The summed E-state index contributed by atoms with van der Waals surface area (Å²) in [6, 6.07) is 7.07. The number of amides is 1. The van der Waals surface area contributed by atoms with Crippen molar-refractivity contribution in [2.45, 2.75) is 6.92 Å². The zero-order chi connectivity index (χ0) is 14.7. The van der Waals surface area contributed by atoms with Gasteiger partial charge in [-0.15, -0.1) is 11.3 Å². The van der Waals surface area contributed by atoms with Crippen LogP contribution in [0.25, 0.3) is 10.1 Å². The van der Waals surface area contributed by atoms with Gasteiger partial charge < -0.3 is 10.4 Å². The third-order valence-electron chi connectivity index (χ3n) is 2.86. The Labute approximate surface area is 125 Å². The first-order valence-electron chi connectivity index (χ1n) is 6.08. The molecule has 1 atom stereocenters. The summed E-state index contributed by atoms with van der Waals surface area (Å²) in [5, 5.41) is 12.7. The maximum atomic E-state index is 11.9. The van der Waals surface area contributed by atoms with Crippen LogP contribution >= 0.6 is 23.1 Å². The molecule has 2 N–H and O–H groups in total. The van der Waals surface area contributed by atoms with E-state index in [2.05, 4.69) is 5.32 Å². The Morgan fingerprint density at radius 2 is 2.15 bits per heavy atom. The smallest absolute Gasteiger partial charge is 0.345 e. The number of thioether (sulfide) groups is 1. The van der Waals surface area contributed by atoms with Gasteiger partial charge in [0.15, 0.2) is 0 Å². The van der Waals surface area contributed by atoms with Gasteiger partial charge in [0.25, 0.3) is 0 Å². The maximum Gasteiger partial charge on any atom is 0.345 e. The van der Waals surface area contributed by atoms with Crippen molar-refractivity contribution in [1.29, 1.82) is 0 Å². The fraction of sp³-hybridized carbons (Fsp3) is 0.286. The van der Waals surface area contributed by atoms with Crippen molar-refractivity contribution >= 4 is 50.7 Å². The lowest BCUT2D eigenvalue weighted by Crippen LogP contribution is -2.21. The molecule has 2 aromatic rings. The first kappa shape index (κ1) is 14.9. The molecule has 0 bridgehead atoms. The number of fused-ring (bicyclic) bond motifs is 1. The Hall–Kier alpha value is -1.53. The molecule has 6 heteroatoms. The van der Waals surface area contributed by atoms with Crippen LogP contribution in [0.3, 0.4) is 0 Å². The molecule has 1 heterocycles. The van der Waals surface area contributed by atoms with Crippen molar-refractivity contribution in [2.75, 3.05) is 17.3 Å². The van der Waals surface area contributed by atoms with Gasteiger partial charge in [-0.3, -0.25) is 4.79 Å². The van der Waals surface area contributed by atoms with Gasteiger partial charge in [0.05, 0.1) is 0 Å². The summed E-state index contributed by atoms with van der Waals surface area (Å²) in [6.45, 7) is 1.89. The van der Waals surface area contributed by atoms with E-state index in [4.69, 9.17) is 5.11 Å². The van der Waals surface area contributed by atoms with E-state index in [1.165, 1.54) is 11.3 Å². The molecule has 4 nitrogen and oxygen atoms in total. The number of carboxylic acid groups (broad SMARTS) is 1. The van der Waals surface area contributed by atoms with Crippen LogP contribution in [0, 0.1) is 5.92 Å². The van der Waals surface area contributed by atoms with Crippen LogP contribution in [0.2, 0.25) is 0 Å². The third kappa shape index (κ3) is 3.32. The molecule has 1 unspecified atom stereocenters. The van der Waals surface area contributed by atoms with E-state index in [1.807, 2.05) is 25.3 Å². The molecule has 20 heavy (non-hydrogen) atoms. The quantitative estimate of drug-likeness (QED) is 0.886. The second-order valence-corrected chi connectivity index (χ2v) is 6.51. The lowest BCUT2D eigenvalue weighted by atomic mass is 10.2. The summed E-state index contributed by atoms with van der Waals surface area (Å²) in [5.41, 5.74) is 0.699. The van der Waals surface area contributed by atoms with Gasteiger partial charge in [-0.25, -0.2) is 4.79 Å². The molecule has 1 aromatic heterocycles. The fourth-order valence-corrected chi connectivity index (χ4v) is 3.35. The van der Waals surface area contributed by atoms with Gasteiger partial charge in [0.2, 0.25) is 5.91 Å². The molecule has 0 radical (unpaired) electrons. The van der Waals surface area contributed by atoms with E-state index in [0.717, 1.165) is 15.8 Å². The molecule has 0 aliphatic heterocycles. The van der Waals surface area contributed by atoms with Crippen LogP contribution in [0.1, 0.15) is 16.6 Å². The zero-order valence-corrected chi connectivity index (χ0v) is 12.8. The van der Waals surface area contributed by atoms with Crippen molar-refractivity contribution in [3.05, 3.63) is 29.1 Å². The van der Waals surface area contributed by atoms with Crippen LogP contribution in [0.4, 0.5) is 5.69 Å². The van der Waals surface area contributed by atoms with E-state index in [-0.39, 0.29) is 11.8 Å². The largest absolute Gasteiger partial charge is 0.477 e. The van der Waals surface area contributed by atoms with Crippen LogP contribution in [-0.4, -0.2) is 29.0 Å². The highest BCUT2D eigenvalue weighted by molar-refractivity contribution is 7.98. The Morgan fingerprint density at radius 3 is 2.80 bits per heavy atom. The van der Waals surface area contributed by atoms with Crippen molar-refractivity contribution in [1.82, 2.24) is 0 Å². The van der Waals surface area contributed by atoms with E-state index >= 15 is 0 Å². The molecular weight excluding hydrogens is 294 g/mol. The standard InChI is InChI=1S/C14H15NO3S2/c1-8(7-19-2)13(16)15-10-3-4-11-9(5-10)6-12(20-11)14(17)18/h3-6,8H,7H2,1-2H3,(H,15,16)(H,17,18). The summed E-state index contributed by atoms with van der Waals surface area (Å²) in [5.74, 6) is -0.231. The van der Waals surface area contributed by atoms with Gasteiger partial charge in [-0.05, 0) is 35.9 Å². The number of rotatable bonds is 5. The van der Waals surface area contributed by atoms with Gasteiger partial charge in [0.1, 0.15) is 4.88 Å². The number of nitrogens with one attached hydrogen (secondary N) is 1. The SMILES string of the molecule is CSCC(C)C(=O)Nc1ccc2sc(C(=O)O)cc2c1. The Balaban J connectivity index is 2.19. The monoisotopic (exact) mass is 309 g/mol. The van der Waals surface area contributed by atoms with Crippen LogP contribution < -0.4 is 5.32 Å². The minimum atomic E-state index is -0.926. The zero-order valence-electron chi connectivity index (χ0n) is 11.2. The van der Waals surface area contributed by atoms with Gasteiger partial charge in [-0.1, -0.05) is 6.92 Å². The molecule has 2 rings (SSSR count). The minimum absolute atomic E-state index is 0.0209. The summed E-state index contributed by atoms with van der Waals surface area (Å²) in [4.78, 5) is 23.2. The number of carboxylic acids is 1. The molecule has 0 aliphatic rings. The number of carbonyl (C=O) groups excluding carboxylic acids is 1. The number of thiophene rings is 1. The van der Waals surface area contributed by atoms with Crippen molar-refractivity contribution < 1.29 is 14.7 Å². The molecule has 1 amide bonds. The predicted octanol–water partition coefficient (Wildman–Crippen LogP) is 3.54. The number of hydrogen-bond donors (Lipinski definition) is 2. The highest BCUT2D eigenvalue weighted by atomic mass is 32.2. The lowest BCUT2D eigenvalue weighted by Gasteiger charge is -2.10. The second-order valence-electron chi connectivity index (χ2n) is 4.51. The maximum absolute atomic E-state index is 11.9. The summed E-state index contributed by atoms with van der Waals surface area (Å²) < 4.78 is 0.901. The van der Waals surface area contributed by atoms with Gasteiger partial charge >= 0.3 is 5.97 Å². The number of hydrogen-bond acceptors (Lipinski definition) is 4. The number of aromatic carboxylic acids is 1. The minimum Gasteiger partial charge on any atom is -0.477 e. The van der Waals surface area contributed by atoms with E-state index < -0.39 is 5.97 Å². The molecule has 0 aliphatic carbocycles. The highest BCUT2D eigenvalue weighted by Crippen LogP contribution is 2.28. The molecule has 0 saturated carbocycles. The van der Waals surface area contributed by atoms with Crippen molar-refractivity contribution in [2.24, 2.45) is 5.92 Å². The highest BCUT2D eigenvalue weighted by Gasteiger charge is 2.13. The van der Waals surface area contributed by atoms with E-state index in [9.17, 15) is 9.59 Å². The molecule has 0 saturated heterocycles. The molecule has 0 spiro atoms. The molecule has 0 fully saturated rings. The summed E-state index contributed by atoms with van der Waals surface area (Å²) in [7, 11) is 0. The van der Waals surface area contributed by atoms with Crippen molar-refractivity contribution in [3.8, 4) is 0 Å². The Bertz CT molecular complexity index is 651.